The van der Waals surface area contributed by atoms with E-state index in [1.165, 1.54) is 0 Å². The molecule has 2 aromatic carbocycles. The average molecular weight is 194 g/mol. The molecule has 0 spiro atoms. The minimum atomic E-state index is 0.628. The van der Waals surface area contributed by atoms with Crippen molar-refractivity contribution in [2.45, 2.75) is 0 Å². The molecule has 0 aromatic heterocycles. The van der Waals surface area contributed by atoms with Crippen LogP contribution in [0.25, 0.3) is 21.6 Å². The summed E-state index contributed by atoms with van der Waals surface area (Å²) in [4.78, 5) is 2.73. The SMILES string of the molecule is [N-]=[N+]=Nc1ccc(-c2cc[c]cc2)cc1. The average Bonchev–Trinajstić information content (AvgIpc) is 2.32. The highest BCUT2D eigenvalue weighted by Crippen LogP contribution is 2.21. The predicted octanol–water partition coefficient (Wildman–Crippen LogP) is 4.10. The smallest absolute Gasteiger partial charge is 0.0375 e. The van der Waals surface area contributed by atoms with Crippen molar-refractivity contribution in [1.82, 2.24) is 0 Å². The molecule has 2 rings (SSSR count). The third-order valence-corrected chi connectivity index (χ3v) is 2.08. The Labute approximate surface area is 87.6 Å². The fourth-order valence-electron chi connectivity index (χ4n) is 1.35. The van der Waals surface area contributed by atoms with Crippen LogP contribution in [-0.4, -0.2) is 0 Å². The van der Waals surface area contributed by atoms with Crippen LogP contribution in [-0.2, 0) is 0 Å². The number of rotatable bonds is 2. The molecule has 71 valence electrons. The fourth-order valence-corrected chi connectivity index (χ4v) is 1.35. The largest absolute Gasteiger partial charge is 0.0608 e. The first kappa shape index (κ1) is 9.31. The fraction of sp³-hybridized carbons (Fsp3) is 0. The van der Waals surface area contributed by atoms with Gasteiger partial charge in [-0.25, -0.2) is 0 Å². The Bertz CT molecular complexity index is 482. The van der Waals surface area contributed by atoms with Crippen molar-refractivity contribution in [2.75, 3.05) is 0 Å². The molecular formula is C12H8N3. The molecule has 3 heteroatoms. The van der Waals surface area contributed by atoms with Gasteiger partial charge in [0.05, 0.1) is 0 Å². The van der Waals surface area contributed by atoms with Crippen molar-refractivity contribution in [1.29, 1.82) is 0 Å². The van der Waals surface area contributed by atoms with E-state index in [-0.39, 0.29) is 0 Å². The van der Waals surface area contributed by atoms with Gasteiger partial charge in [-0.2, -0.15) is 0 Å². The zero-order chi connectivity index (χ0) is 10.5. The number of benzene rings is 2. The van der Waals surface area contributed by atoms with Crippen LogP contribution in [0.15, 0.2) is 53.6 Å². The van der Waals surface area contributed by atoms with Gasteiger partial charge in [0.15, 0.2) is 0 Å². The van der Waals surface area contributed by atoms with E-state index in [0.717, 1.165) is 11.1 Å². The molecule has 0 unspecified atom stereocenters. The third kappa shape index (κ3) is 2.16. The van der Waals surface area contributed by atoms with Gasteiger partial charge in [0.25, 0.3) is 0 Å². The quantitative estimate of drug-likeness (QED) is 0.392. The summed E-state index contributed by atoms with van der Waals surface area (Å²) in [6.07, 6.45) is 0. The molecule has 0 atom stereocenters. The molecule has 0 aliphatic rings. The molecule has 0 aliphatic heterocycles. The van der Waals surface area contributed by atoms with E-state index >= 15 is 0 Å². The van der Waals surface area contributed by atoms with Crippen molar-refractivity contribution in [2.24, 2.45) is 5.11 Å². The normalized spacial score (nSPS) is 9.33. The van der Waals surface area contributed by atoms with Gasteiger partial charge in [0, 0.05) is 10.6 Å². The lowest BCUT2D eigenvalue weighted by Crippen LogP contribution is -1.75. The molecule has 0 N–H and O–H groups in total. The molecule has 0 bridgehead atoms. The van der Waals surface area contributed by atoms with Gasteiger partial charge in [-0.1, -0.05) is 53.6 Å². The Morgan fingerprint density at radius 2 is 1.53 bits per heavy atom. The molecular weight excluding hydrogens is 186 g/mol. The second-order valence-corrected chi connectivity index (χ2v) is 3.02. The highest BCUT2D eigenvalue weighted by Gasteiger charge is 1.95. The summed E-state index contributed by atoms with van der Waals surface area (Å²) < 4.78 is 0. The Morgan fingerprint density at radius 1 is 0.933 bits per heavy atom. The van der Waals surface area contributed by atoms with Crippen LogP contribution in [0.1, 0.15) is 0 Å². The van der Waals surface area contributed by atoms with Crippen molar-refractivity contribution in [3.05, 3.63) is 65.0 Å². The number of hydrogen-bond donors (Lipinski definition) is 0. The molecule has 0 amide bonds. The van der Waals surface area contributed by atoms with Crippen molar-refractivity contribution in [3.8, 4) is 11.1 Å². The summed E-state index contributed by atoms with van der Waals surface area (Å²) in [5, 5.41) is 3.52. The van der Waals surface area contributed by atoms with Gasteiger partial charge in [-0.05, 0) is 22.7 Å². The highest BCUT2D eigenvalue weighted by atomic mass is 15.1. The van der Waals surface area contributed by atoms with Gasteiger partial charge in [-0.3, -0.25) is 0 Å². The topological polar surface area (TPSA) is 48.8 Å². The molecule has 1 radical (unpaired) electrons. The lowest BCUT2D eigenvalue weighted by atomic mass is 10.1. The van der Waals surface area contributed by atoms with Crippen LogP contribution in [0.3, 0.4) is 0 Å². The Balaban J connectivity index is 2.36. The standard InChI is InChI=1S/C12H8N3/c13-15-14-12-8-6-11(7-9-12)10-4-2-1-3-5-10/h2-9H. The van der Waals surface area contributed by atoms with Crippen LogP contribution in [0.4, 0.5) is 5.69 Å². The Hall–Kier alpha value is -2.25. The van der Waals surface area contributed by atoms with Gasteiger partial charge in [-0.15, -0.1) is 0 Å². The minimum absolute atomic E-state index is 0.628. The van der Waals surface area contributed by atoms with E-state index in [4.69, 9.17) is 5.53 Å². The van der Waals surface area contributed by atoms with Crippen LogP contribution >= 0.6 is 0 Å². The Morgan fingerprint density at radius 3 is 2.13 bits per heavy atom. The summed E-state index contributed by atoms with van der Waals surface area (Å²) in [6, 6.07) is 18.1. The summed E-state index contributed by atoms with van der Waals surface area (Å²) in [5.41, 5.74) is 11.1. The zero-order valence-corrected chi connectivity index (χ0v) is 7.96. The van der Waals surface area contributed by atoms with E-state index < -0.39 is 0 Å². The summed E-state index contributed by atoms with van der Waals surface area (Å²) >= 11 is 0. The predicted molar refractivity (Wildman–Crippen MR) is 59.5 cm³/mol. The van der Waals surface area contributed by atoms with Crippen LogP contribution in [0, 0.1) is 6.07 Å². The van der Waals surface area contributed by atoms with Gasteiger partial charge < -0.3 is 0 Å². The van der Waals surface area contributed by atoms with Crippen molar-refractivity contribution >= 4 is 5.69 Å². The second kappa shape index (κ2) is 4.31. The number of azide groups is 1. The maximum atomic E-state index is 8.26. The molecule has 0 aliphatic carbocycles. The Kier molecular flexibility index (Phi) is 2.68. The summed E-state index contributed by atoms with van der Waals surface area (Å²) in [7, 11) is 0. The van der Waals surface area contributed by atoms with Gasteiger partial charge >= 0.3 is 0 Å². The number of nitrogens with zero attached hydrogens (tertiary/aromatic N) is 3. The van der Waals surface area contributed by atoms with Crippen molar-refractivity contribution in [3.63, 3.8) is 0 Å². The zero-order valence-electron chi connectivity index (χ0n) is 7.96. The molecule has 0 fully saturated rings. The molecule has 2 aromatic rings. The monoisotopic (exact) mass is 194 g/mol. The van der Waals surface area contributed by atoms with Gasteiger partial charge in [0.1, 0.15) is 0 Å². The first-order valence-electron chi connectivity index (χ1n) is 4.52. The molecule has 3 nitrogen and oxygen atoms in total. The van der Waals surface area contributed by atoms with E-state index in [1.807, 2.05) is 36.4 Å². The highest BCUT2D eigenvalue weighted by molar-refractivity contribution is 5.64. The van der Waals surface area contributed by atoms with Crippen molar-refractivity contribution < 1.29 is 0 Å². The van der Waals surface area contributed by atoms with Crippen LogP contribution in [0.2, 0.25) is 0 Å². The van der Waals surface area contributed by atoms with E-state index in [1.54, 1.807) is 12.1 Å². The third-order valence-electron chi connectivity index (χ3n) is 2.08. The number of hydrogen-bond acceptors (Lipinski definition) is 1. The molecule has 15 heavy (non-hydrogen) atoms. The molecule has 0 saturated carbocycles. The minimum Gasteiger partial charge on any atom is -0.0608 e. The first-order chi connectivity index (χ1) is 7.40. The van der Waals surface area contributed by atoms with E-state index in [2.05, 4.69) is 16.1 Å². The second-order valence-electron chi connectivity index (χ2n) is 3.02. The summed E-state index contributed by atoms with van der Waals surface area (Å²) in [5.74, 6) is 0. The molecule has 0 saturated heterocycles. The van der Waals surface area contributed by atoms with E-state index in [9.17, 15) is 0 Å². The van der Waals surface area contributed by atoms with E-state index in [0.29, 0.717) is 5.69 Å². The summed E-state index contributed by atoms with van der Waals surface area (Å²) in [6.45, 7) is 0. The van der Waals surface area contributed by atoms with Gasteiger partial charge in [0.2, 0.25) is 0 Å². The lowest BCUT2D eigenvalue weighted by Gasteiger charge is -2.00. The lowest BCUT2D eigenvalue weighted by molar-refractivity contribution is 1.47. The van der Waals surface area contributed by atoms with Crippen LogP contribution < -0.4 is 0 Å². The first-order valence-corrected chi connectivity index (χ1v) is 4.52. The maximum Gasteiger partial charge on any atom is 0.0375 e. The maximum absolute atomic E-state index is 8.26. The molecule has 0 heterocycles. The van der Waals surface area contributed by atoms with Crippen LogP contribution in [0.5, 0.6) is 0 Å².